The third-order valence-corrected chi connectivity index (χ3v) is 3.78. The fourth-order valence-corrected chi connectivity index (χ4v) is 1.98. The molecule has 5 heteroatoms. The Kier molecular flexibility index (Phi) is 5.31. The monoisotopic (exact) mass is 272 g/mol. The summed E-state index contributed by atoms with van der Waals surface area (Å²) in [5.41, 5.74) is 6.08. The number of nitrogens with zero attached hydrogens (tertiary/aromatic N) is 1. The smallest absolute Gasteiger partial charge is 0.255 e. The molecule has 1 amide bonds. The van der Waals surface area contributed by atoms with Gasteiger partial charge in [0.2, 0.25) is 0 Å². The molecule has 0 aliphatic heterocycles. The first-order valence-electron chi connectivity index (χ1n) is 5.32. The topological polar surface area (TPSA) is 46.3 Å². The fourth-order valence-electron chi connectivity index (χ4n) is 1.34. The summed E-state index contributed by atoms with van der Waals surface area (Å²) in [5, 5.41) is 0.476. The lowest BCUT2D eigenvalue weighted by Crippen LogP contribution is -2.39. The molecular formula is C12H17ClN2OS. The summed E-state index contributed by atoms with van der Waals surface area (Å²) in [5.74, 6) is -0.0937. The Bertz CT molecular complexity index is 411. The Balaban J connectivity index is 3.02. The molecule has 2 N–H and O–H groups in total. The van der Waals surface area contributed by atoms with Gasteiger partial charge in [0.15, 0.2) is 0 Å². The zero-order valence-electron chi connectivity index (χ0n) is 10.2. The van der Waals surface area contributed by atoms with Crippen LogP contribution in [-0.4, -0.2) is 36.7 Å². The van der Waals surface area contributed by atoms with E-state index < -0.39 is 0 Å². The number of nitrogens with two attached hydrogens (primary N) is 1. The summed E-state index contributed by atoms with van der Waals surface area (Å²) >= 11 is 7.63. The Morgan fingerprint density at radius 2 is 2.24 bits per heavy atom. The van der Waals surface area contributed by atoms with Gasteiger partial charge in [0.1, 0.15) is 0 Å². The number of rotatable bonds is 4. The lowest BCUT2D eigenvalue weighted by Gasteiger charge is -2.24. The Morgan fingerprint density at radius 3 is 2.76 bits per heavy atom. The Labute approximate surface area is 111 Å². The molecule has 0 radical (unpaired) electrons. The highest BCUT2D eigenvalue weighted by atomic mass is 35.5. The molecule has 0 saturated heterocycles. The van der Waals surface area contributed by atoms with Gasteiger partial charge in [-0.15, -0.1) is 11.8 Å². The molecule has 0 aromatic heterocycles. The van der Waals surface area contributed by atoms with E-state index >= 15 is 0 Å². The summed E-state index contributed by atoms with van der Waals surface area (Å²) in [6, 6.07) is 5.46. The van der Waals surface area contributed by atoms with Crippen LogP contribution in [0, 0.1) is 0 Å². The molecule has 0 saturated carbocycles. The molecule has 94 valence electrons. The largest absolute Gasteiger partial charge is 0.338 e. The second-order valence-corrected chi connectivity index (χ2v) is 5.13. The predicted molar refractivity (Wildman–Crippen MR) is 73.8 cm³/mol. The molecule has 1 aromatic carbocycles. The van der Waals surface area contributed by atoms with Gasteiger partial charge < -0.3 is 10.6 Å². The molecule has 1 aromatic rings. The minimum absolute atomic E-state index is 0.00324. The molecule has 17 heavy (non-hydrogen) atoms. The number of thioether (sulfide) groups is 1. The van der Waals surface area contributed by atoms with Gasteiger partial charge in [-0.3, -0.25) is 4.79 Å². The molecule has 0 spiro atoms. The molecule has 3 nitrogen and oxygen atoms in total. The second kappa shape index (κ2) is 6.28. The highest BCUT2D eigenvalue weighted by Crippen LogP contribution is 2.24. The normalized spacial score (nSPS) is 12.3. The van der Waals surface area contributed by atoms with E-state index in [4.69, 9.17) is 17.3 Å². The van der Waals surface area contributed by atoms with Crippen LogP contribution in [0.2, 0.25) is 5.02 Å². The summed E-state index contributed by atoms with van der Waals surface area (Å²) in [7, 11) is 1.74. The third-order valence-electron chi connectivity index (χ3n) is 2.73. The van der Waals surface area contributed by atoms with Crippen LogP contribution >= 0.6 is 23.4 Å². The van der Waals surface area contributed by atoms with Gasteiger partial charge in [0.25, 0.3) is 5.91 Å². The number of hydrogen-bond acceptors (Lipinski definition) is 3. The molecule has 0 aliphatic rings. The number of benzene rings is 1. The molecule has 0 heterocycles. The van der Waals surface area contributed by atoms with E-state index in [1.165, 1.54) is 0 Å². The van der Waals surface area contributed by atoms with Gasteiger partial charge >= 0.3 is 0 Å². The van der Waals surface area contributed by atoms with E-state index in [0.29, 0.717) is 17.1 Å². The molecule has 0 fully saturated rings. The van der Waals surface area contributed by atoms with E-state index in [0.717, 1.165) is 4.90 Å². The maximum absolute atomic E-state index is 12.2. The Morgan fingerprint density at radius 1 is 1.59 bits per heavy atom. The van der Waals surface area contributed by atoms with E-state index in [-0.39, 0.29) is 11.9 Å². The lowest BCUT2D eigenvalue weighted by atomic mass is 10.1. The first-order valence-corrected chi connectivity index (χ1v) is 6.92. The van der Waals surface area contributed by atoms with Gasteiger partial charge in [0, 0.05) is 24.5 Å². The van der Waals surface area contributed by atoms with Crippen LogP contribution in [0.4, 0.5) is 0 Å². The highest BCUT2D eigenvalue weighted by Gasteiger charge is 2.19. The van der Waals surface area contributed by atoms with Crippen LogP contribution in [0.25, 0.3) is 0 Å². The van der Waals surface area contributed by atoms with Gasteiger partial charge in [0.05, 0.1) is 10.6 Å². The molecule has 1 rings (SSSR count). The predicted octanol–water partition coefficient (Wildman–Crippen LogP) is 2.48. The number of halogens is 1. The van der Waals surface area contributed by atoms with Crippen LogP contribution in [0.5, 0.6) is 0 Å². The van der Waals surface area contributed by atoms with Crippen LogP contribution in [-0.2, 0) is 0 Å². The van der Waals surface area contributed by atoms with Crippen molar-refractivity contribution in [3.8, 4) is 0 Å². The van der Waals surface area contributed by atoms with Crippen molar-refractivity contribution in [1.29, 1.82) is 0 Å². The maximum atomic E-state index is 12.2. The average molecular weight is 273 g/mol. The minimum Gasteiger partial charge on any atom is -0.338 e. The summed E-state index contributed by atoms with van der Waals surface area (Å²) in [6.45, 7) is 2.34. The van der Waals surface area contributed by atoms with Crippen molar-refractivity contribution in [3.05, 3.63) is 28.8 Å². The van der Waals surface area contributed by atoms with Crippen molar-refractivity contribution in [3.63, 3.8) is 0 Å². The van der Waals surface area contributed by atoms with Crippen molar-refractivity contribution in [1.82, 2.24) is 4.90 Å². The standard InChI is InChI=1S/C12H17ClN2OS/c1-8(7-14)15(2)12(16)10-6-9(17-3)4-5-11(10)13/h4-6,8H,7,14H2,1-3H3. The second-order valence-electron chi connectivity index (χ2n) is 3.85. The van der Waals surface area contributed by atoms with Crippen molar-refractivity contribution >= 4 is 29.3 Å². The molecule has 0 aliphatic carbocycles. The minimum atomic E-state index is -0.0937. The molecule has 0 bridgehead atoms. The zero-order chi connectivity index (χ0) is 13.0. The first-order chi connectivity index (χ1) is 8.01. The lowest BCUT2D eigenvalue weighted by molar-refractivity contribution is 0.0748. The number of likely N-dealkylation sites (N-methyl/N-ethyl adjacent to an activating group) is 1. The number of amides is 1. The van der Waals surface area contributed by atoms with Gasteiger partial charge in [-0.1, -0.05) is 11.6 Å². The fraction of sp³-hybridized carbons (Fsp3) is 0.417. The number of carbonyl (C=O) groups excluding carboxylic acids is 1. The number of hydrogen-bond donors (Lipinski definition) is 1. The van der Waals surface area contributed by atoms with E-state index in [1.807, 2.05) is 25.3 Å². The summed E-state index contributed by atoms with van der Waals surface area (Å²) in [6.07, 6.45) is 1.96. The van der Waals surface area contributed by atoms with E-state index in [9.17, 15) is 4.79 Å². The van der Waals surface area contributed by atoms with Crippen molar-refractivity contribution in [2.45, 2.75) is 17.9 Å². The van der Waals surface area contributed by atoms with Gasteiger partial charge in [-0.05, 0) is 31.4 Å². The SMILES string of the molecule is CSc1ccc(Cl)c(C(=O)N(C)C(C)CN)c1. The first kappa shape index (κ1) is 14.4. The zero-order valence-corrected chi connectivity index (χ0v) is 11.8. The van der Waals surface area contributed by atoms with E-state index in [1.54, 1.807) is 29.8 Å². The van der Waals surface area contributed by atoms with Crippen molar-refractivity contribution in [2.75, 3.05) is 19.8 Å². The summed E-state index contributed by atoms with van der Waals surface area (Å²) in [4.78, 5) is 14.8. The van der Waals surface area contributed by atoms with E-state index in [2.05, 4.69) is 0 Å². The molecule has 1 atom stereocenters. The summed E-state index contributed by atoms with van der Waals surface area (Å²) < 4.78 is 0. The van der Waals surface area contributed by atoms with Crippen LogP contribution in [0.15, 0.2) is 23.1 Å². The molecule has 1 unspecified atom stereocenters. The van der Waals surface area contributed by atoms with Crippen LogP contribution in [0.3, 0.4) is 0 Å². The Hall–Kier alpha value is -0.710. The molecular weight excluding hydrogens is 256 g/mol. The maximum Gasteiger partial charge on any atom is 0.255 e. The van der Waals surface area contributed by atoms with Crippen LogP contribution < -0.4 is 5.73 Å². The highest BCUT2D eigenvalue weighted by molar-refractivity contribution is 7.98. The van der Waals surface area contributed by atoms with Crippen molar-refractivity contribution < 1.29 is 4.79 Å². The quantitative estimate of drug-likeness (QED) is 0.857. The number of carbonyl (C=O) groups is 1. The van der Waals surface area contributed by atoms with Crippen molar-refractivity contribution in [2.24, 2.45) is 5.73 Å². The third kappa shape index (κ3) is 3.37. The average Bonchev–Trinajstić information content (AvgIpc) is 2.36. The van der Waals surface area contributed by atoms with Gasteiger partial charge in [-0.25, -0.2) is 0 Å². The van der Waals surface area contributed by atoms with Crippen LogP contribution in [0.1, 0.15) is 17.3 Å². The van der Waals surface area contributed by atoms with Gasteiger partial charge in [-0.2, -0.15) is 0 Å².